The Morgan fingerprint density at radius 3 is 2.49 bits per heavy atom. The number of fused-ring (bicyclic) bond motifs is 1. The monoisotopic (exact) mass is 496 g/mol. The quantitative estimate of drug-likeness (QED) is 0.350. The van der Waals surface area contributed by atoms with E-state index in [1.807, 2.05) is 0 Å². The smallest absolute Gasteiger partial charge is 0.340 e. The van der Waals surface area contributed by atoms with Crippen molar-refractivity contribution in [3.8, 4) is 11.5 Å². The molecule has 0 saturated carbocycles. The van der Waals surface area contributed by atoms with Crippen LogP contribution in [0, 0.1) is 5.82 Å². The molecule has 180 valence electrons. The normalized spacial score (nSPS) is 12.5. The van der Waals surface area contributed by atoms with Crippen LogP contribution >= 0.6 is 11.8 Å². The molecule has 1 aliphatic rings. The molecule has 1 aliphatic heterocycles. The Bertz CT molecular complexity index is 1250. The van der Waals surface area contributed by atoms with Crippen molar-refractivity contribution in [2.45, 2.75) is 17.9 Å². The number of hydrogen-bond donors (Lipinski definition) is 2. The number of thioether (sulfide) groups is 1. The number of hydrogen-bond acceptors (Lipinski definition) is 7. The number of ether oxygens (including phenoxy) is 3. The molecule has 0 fully saturated rings. The van der Waals surface area contributed by atoms with Crippen LogP contribution in [0.2, 0.25) is 0 Å². The number of rotatable bonds is 8. The second kappa shape index (κ2) is 10.9. The van der Waals surface area contributed by atoms with Crippen LogP contribution in [0.25, 0.3) is 0 Å². The SMILES string of the molecule is CC(OC(=O)c1ccccc1SCC(=O)Nc1ccc(F)cc1)C(=O)Nc1ccc2c(c1)OCO2. The molecule has 3 aromatic rings. The van der Waals surface area contributed by atoms with Crippen LogP contribution in [-0.4, -0.2) is 36.4 Å². The lowest BCUT2D eigenvalue weighted by atomic mass is 10.2. The van der Waals surface area contributed by atoms with Crippen LogP contribution in [0.1, 0.15) is 17.3 Å². The van der Waals surface area contributed by atoms with E-state index in [1.165, 1.54) is 31.2 Å². The highest BCUT2D eigenvalue weighted by atomic mass is 32.2. The Balaban J connectivity index is 1.33. The molecule has 8 nitrogen and oxygen atoms in total. The lowest BCUT2D eigenvalue weighted by molar-refractivity contribution is -0.123. The van der Waals surface area contributed by atoms with Gasteiger partial charge in [-0.05, 0) is 55.5 Å². The summed E-state index contributed by atoms with van der Waals surface area (Å²) in [5.74, 6) is -0.807. The highest BCUT2D eigenvalue weighted by Crippen LogP contribution is 2.34. The zero-order chi connectivity index (χ0) is 24.8. The summed E-state index contributed by atoms with van der Waals surface area (Å²) in [6.45, 7) is 1.58. The largest absolute Gasteiger partial charge is 0.454 e. The first kappa shape index (κ1) is 24.1. The van der Waals surface area contributed by atoms with Crippen LogP contribution in [0.3, 0.4) is 0 Å². The van der Waals surface area contributed by atoms with Crippen molar-refractivity contribution in [3.63, 3.8) is 0 Å². The highest BCUT2D eigenvalue weighted by Gasteiger charge is 2.22. The second-order valence-corrected chi connectivity index (χ2v) is 8.46. The Hall–Kier alpha value is -4.05. The van der Waals surface area contributed by atoms with Crippen molar-refractivity contribution in [2.24, 2.45) is 0 Å². The van der Waals surface area contributed by atoms with Crippen molar-refractivity contribution in [1.29, 1.82) is 0 Å². The summed E-state index contributed by atoms with van der Waals surface area (Å²) in [5.41, 5.74) is 1.17. The summed E-state index contributed by atoms with van der Waals surface area (Å²) in [4.78, 5) is 38.1. The molecule has 1 unspecified atom stereocenters. The fraction of sp³-hybridized carbons (Fsp3) is 0.160. The first-order valence-electron chi connectivity index (χ1n) is 10.6. The molecule has 4 rings (SSSR count). The van der Waals surface area contributed by atoms with Gasteiger partial charge in [0.05, 0.1) is 11.3 Å². The van der Waals surface area contributed by atoms with Gasteiger partial charge >= 0.3 is 5.97 Å². The Kier molecular flexibility index (Phi) is 7.51. The van der Waals surface area contributed by atoms with E-state index < -0.39 is 23.8 Å². The molecule has 0 radical (unpaired) electrons. The third kappa shape index (κ3) is 6.30. The fourth-order valence-corrected chi connectivity index (χ4v) is 3.97. The number of nitrogens with one attached hydrogen (secondary N) is 2. The number of amides is 2. The van der Waals surface area contributed by atoms with Gasteiger partial charge in [0.15, 0.2) is 17.6 Å². The van der Waals surface area contributed by atoms with Gasteiger partial charge in [-0.2, -0.15) is 0 Å². The van der Waals surface area contributed by atoms with E-state index in [-0.39, 0.29) is 24.0 Å². The van der Waals surface area contributed by atoms with Gasteiger partial charge in [-0.25, -0.2) is 9.18 Å². The average molecular weight is 497 g/mol. The number of benzene rings is 3. The molecular weight excluding hydrogens is 475 g/mol. The first-order valence-corrected chi connectivity index (χ1v) is 11.6. The second-order valence-electron chi connectivity index (χ2n) is 7.44. The van der Waals surface area contributed by atoms with Crippen molar-refractivity contribution < 1.29 is 33.0 Å². The number of esters is 1. The maximum Gasteiger partial charge on any atom is 0.340 e. The van der Waals surface area contributed by atoms with E-state index in [0.717, 1.165) is 11.8 Å². The number of carbonyl (C=O) groups is 3. The molecular formula is C25H21FN2O6S. The van der Waals surface area contributed by atoms with Crippen LogP contribution in [-0.2, 0) is 14.3 Å². The number of anilines is 2. The number of carbonyl (C=O) groups excluding carboxylic acids is 3. The van der Waals surface area contributed by atoms with Gasteiger partial charge in [-0.1, -0.05) is 12.1 Å². The van der Waals surface area contributed by atoms with Gasteiger partial charge in [-0.15, -0.1) is 11.8 Å². The van der Waals surface area contributed by atoms with E-state index in [2.05, 4.69) is 10.6 Å². The Morgan fingerprint density at radius 1 is 0.971 bits per heavy atom. The van der Waals surface area contributed by atoms with E-state index in [4.69, 9.17) is 14.2 Å². The molecule has 35 heavy (non-hydrogen) atoms. The van der Waals surface area contributed by atoms with Crippen LogP contribution < -0.4 is 20.1 Å². The molecule has 0 aliphatic carbocycles. The highest BCUT2D eigenvalue weighted by molar-refractivity contribution is 8.00. The molecule has 10 heteroatoms. The standard InChI is InChI=1S/C25H21FN2O6S/c1-15(24(30)28-18-10-11-20-21(12-18)33-14-32-20)34-25(31)19-4-2-3-5-22(19)35-13-23(29)27-17-8-6-16(26)7-9-17/h2-12,15H,13-14H2,1H3,(H,27,29)(H,28,30). The lowest BCUT2D eigenvalue weighted by Crippen LogP contribution is -2.30. The minimum atomic E-state index is -1.08. The summed E-state index contributed by atoms with van der Waals surface area (Å²) in [6.07, 6.45) is -1.08. The van der Waals surface area contributed by atoms with Crippen molar-refractivity contribution in [3.05, 3.63) is 78.1 Å². The average Bonchev–Trinajstić information content (AvgIpc) is 3.32. The summed E-state index contributed by atoms with van der Waals surface area (Å²) < 4.78 is 28.9. The van der Waals surface area contributed by atoms with Crippen molar-refractivity contribution in [2.75, 3.05) is 23.2 Å². The Morgan fingerprint density at radius 2 is 1.69 bits per heavy atom. The van der Waals surface area contributed by atoms with Crippen molar-refractivity contribution in [1.82, 2.24) is 0 Å². The zero-order valence-corrected chi connectivity index (χ0v) is 19.4. The molecule has 0 bridgehead atoms. The Labute approximate surface area is 204 Å². The predicted molar refractivity (Wildman–Crippen MR) is 128 cm³/mol. The third-order valence-corrected chi connectivity index (χ3v) is 5.96. The topological polar surface area (TPSA) is 103 Å². The van der Waals surface area contributed by atoms with Gasteiger partial charge in [-0.3, -0.25) is 9.59 Å². The van der Waals surface area contributed by atoms with E-state index in [1.54, 1.807) is 42.5 Å². The van der Waals surface area contributed by atoms with E-state index >= 15 is 0 Å². The lowest BCUT2D eigenvalue weighted by Gasteiger charge is -2.15. The summed E-state index contributed by atoms with van der Waals surface area (Å²) in [7, 11) is 0. The molecule has 0 aromatic heterocycles. The molecule has 2 amide bonds. The summed E-state index contributed by atoms with van der Waals surface area (Å²) >= 11 is 1.14. The molecule has 1 heterocycles. The molecule has 0 spiro atoms. The summed E-state index contributed by atoms with van der Waals surface area (Å²) in [5, 5.41) is 5.34. The number of halogens is 1. The molecule has 1 atom stereocenters. The maximum atomic E-state index is 13.0. The van der Waals surface area contributed by atoms with Gasteiger partial charge in [0.1, 0.15) is 5.82 Å². The van der Waals surface area contributed by atoms with Gasteiger partial charge < -0.3 is 24.8 Å². The van der Waals surface area contributed by atoms with E-state index in [0.29, 0.717) is 27.8 Å². The minimum absolute atomic E-state index is 0.0157. The first-order chi connectivity index (χ1) is 16.9. The zero-order valence-electron chi connectivity index (χ0n) is 18.6. The van der Waals surface area contributed by atoms with Gasteiger partial charge in [0.2, 0.25) is 12.7 Å². The summed E-state index contributed by atoms with van der Waals surface area (Å²) in [6, 6.07) is 17.0. The molecule has 0 saturated heterocycles. The van der Waals surface area contributed by atoms with Crippen LogP contribution in [0.5, 0.6) is 11.5 Å². The van der Waals surface area contributed by atoms with Crippen LogP contribution in [0.4, 0.5) is 15.8 Å². The fourth-order valence-electron chi connectivity index (χ4n) is 3.13. The minimum Gasteiger partial charge on any atom is -0.454 e. The van der Waals surface area contributed by atoms with Gasteiger partial charge in [0, 0.05) is 22.3 Å². The molecule has 3 aromatic carbocycles. The maximum absolute atomic E-state index is 13.0. The molecule has 2 N–H and O–H groups in total. The predicted octanol–water partition coefficient (Wildman–Crippen LogP) is 4.47. The van der Waals surface area contributed by atoms with Crippen molar-refractivity contribution >= 4 is 40.9 Å². The van der Waals surface area contributed by atoms with E-state index in [9.17, 15) is 18.8 Å². The van der Waals surface area contributed by atoms with Crippen LogP contribution in [0.15, 0.2) is 71.6 Å². The van der Waals surface area contributed by atoms with Gasteiger partial charge in [0.25, 0.3) is 5.91 Å². The third-order valence-electron chi connectivity index (χ3n) is 4.89.